The van der Waals surface area contributed by atoms with Crippen molar-refractivity contribution in [2.24, 2.45) is 28.2 Å². The number of nitrogens with zero attached hydrogens (tertiary/aromatic N) is 4. The Bertz CT molecular complexity index is 6670. The van der Waals surface area contributed by atoms with Gasteiger partial charge in [-0.3, -0.25) is 0 Å². The van der Waals surface area contributed by atoms with Crippen molar-refractivity contribution in [3.05, 3.63) is 362 Å². The average Bonchev–Trinajstić information content (AvgIpc) is 0.759. The SMILES string of the molecule is CC.CC.CC.CC.CC.CC.CC.CC.Cc1c(-c2cccc[n+]2C)ccc2cc3ccc4ccccc4c3cc12.Cc1c(-c2cccc[n+]2C)ccc2ccc3c4ccccc4ccc3c12.Cc1c(-c2cccc[n+]2C)ccc2ccc3cc4ccccc4cc3c12.Cc1c(-c2cccc[n+]2C)ccc2ccc3ccc4ccccc4c3c12. The highest BCUT2D eigenvalue weighted by atomic mass is 14.9. The lowest BCUT2D eigenvalue weighted by Crippen LogP contribution is -2.30. The molecular formula is C116H128N4+4. The van der Waals surface area contributed by atoms with E-state index in [2.05, 4.69) is 414 Å². The van der Waals surface area contributed by atoms with Gasteiger partial charge in [0.25, 0.3) is 0 Å². The fourth-order valence-electron chi connectivity index (χ4n) is 16.5. The van der Waals surface area contributed by atoms with Gasteiger partial charge >= 0.3 is 0 Å². The number of rotatable bonds is 4. The molecule has 0 saturated heterocycles. The van der Waals surface area contributed by atoms with Gasteiger partial charge in [0.05, 0.1) is 0 Å². The van der Waals surface area contributed by atoms with Crippen LogP contribution in [-0.2, 0) is 28.2 Å². The molecule has 0 aliphatic rings. The number of hydrogen-bond acceptors (Lipinski definition) is 0. The molecule has 0 bridgehead atoms. The molecule has 0 spiro atoms. The van der Waals surface area contributed by atoms with E-state index in [4.69, 9.17) is 0 Å². The maximum Gasteiger partial charge on any atom is 0.212 e. The van der Waals surface area contributed by atoms with Crippen LogP contribution in [0.3, 0.4) is 0 Å². The molecule has 0 fully saturated rings. The van der Waals surface area contributed by atoms with Crippen molar-refractivity contribution in [1.82, 2.24) is 0 Å². The van der Waals surface area contributed by atoms with Crippen LogP contribution in [0.1, 0.15) is 133 Å². The molecule has 120 heavy (non-hydrogen) atoms. The summed E-state index contributed by atoms with van der Waals surface area (Å²) in [6, 6.07) is 114. The van der Waals surface area contributed by atoms with Gasteiger partial charge in [0.2, 0.25) is 22.8 Å². The summed E-state index contributed by atoms with van der Waals surface area (Å²) in [4.78, 5) is 0. The van der Waals surface area contributed by atoms with Crippen molar-refractivity contribution in [3.63, 3.8) is 0 Å². The Balaban J connectivity index is 0.000000172. The molecule has 0 aliphatic carbocycles. The third-order valence-electron chi connectivity index (χ3n) is 21.9. The summed E-state index contributed by atoms with van der Waals surface area (Å²) in [6.07, 6.45) is 8.43. The van der Waals surface area contributed by atoms with E-state index in [0.717, 1.165) is 0 Å². The van der Waals surface area contributed by atoms with Crippen molar-refractivity contribution >= 4 is 129 Å². The van der Waals surface area contributed by atoms with Crippen LogP contribution in [0.2, 0.25) is 0 Å². The number of benzene rings is 16. The van der Waals surface area contributed by atoms with Gasteiger partial charge in [-0.15, -0.1) is 0 Å². The fraction of sp³-hybridized carbons (Fsp3) is 0.207. The molecular weight excluding hydrogens is 1450 g/mol. The van der Waals surface area contributed by atoms with Gasteiger partial charge in [-0.2, -0.15) is 0 Å². The summed E-state index contributed by atoms with van der Waals surface area (Å²) in [5.74, 6) is 0. The Morgan fingerprint density at radius 3 is 0.842 bits per heavy atom. The smallest absolute Gasteiger partial charge is 0.201 e. The van der Waals surface area contributed by atoms with E-state index < -0.39 is 0 Å². The zero-order chi connectivity index (χ0) is 86.7. The van der Waals surface area contributed by atoms with Crippen molar-refractivity contribution in [3.8, 4) is 45.0 Å². The van der Waals surface area contributed by atoms with Gasteiger partial charge in [0.15, 0.2) is 24.8 Å². The monoisotopic (exact) mass is 1580 g/mol. The Kier molecular flexibility index (Phi) is 33.5. The maximum absolute atomic E-state index is 2.37. The van der Waals surface area contributed by atoms with Gasteiger partial charge in [0.1, 0.15) is 28.2 Å². The molecule has 0 saturated carbocycles. The summed E-state index contributed by atoms with van der Waals surface area (Å²) in [7, 11) is 8.43. The standard InChI is InChI=1S/4C25H20N.8C2H6/c1-17-20(24-9-5-6-16-26(24)2)13-11-19-12-14-22-21-8-4-3-7-18(21)10-15-23(22)25(17)19;1-17-21(23-9-5-6-16-26(23)2)15-14-19-12-13-20-11-10-18-7-3-4-8-22(18)25(20)24(17)19;1-17-22(24-9-5-6-14-26(24)2)13-12-18-10-11-21-15-19-7-3-4-8-20(19)16-23(21)25(17)18;1-17-21(25-9-5-6-14-26(25)2)13-12-19-15-20-11-10-18-7-3-4-8-22(18)24(20)16-23(17)19;8*1-2/h4*3-16H,1-2H3;8*1-2H3/q4*+1;;;;;;;;. The normalized spacial score (nSPS) is 10.3. The number of aryl methyl sites for hydroxylation is 8. The lowest BCUT2D eigenvalue weighted by atomic mass is 9.91. The van der Waals surface area contributed by atoms with Crippen LogP contribution in [0, 0.1) is 27.7 Å². The molecule has 0 amide bonds. The second-order valence-corrected chi connectivity index (χ2v) is 28.0. The summed E-state index contributed by atoms with van der Waals surface area (Å²) in [5, 5.41) is 31.6. The first-order valence-corrected chi connectivity index (χ1v) is 44.1. The molecule has 0 aliphatic heterocycles. The average molecular weight is 1580 g/mol. The first kappa shape index (κ1) is 91.1. The zero-order valence-corrected chi connectivity index (χ0v) is 76.1. The van der Waals surface area contributed by atoms with Crippen LogP contribution >= 0.6 is 0 Å². The zero-order valence-electron chi connectivity index (χ0n) is 76.1. The van der Waals surface area contributed by atoms with E-state index in [1.54, 1.807) is 0 Å². The Labute approximate surface area is 717 Å². The minimum atomic E-state index is 1.24. The quantitative estimate of drug-likeness (QED) is 0.0948. The maximum atomic E-state index is 2.37. The van der Waals surface area contributed by atoms with Crippen LogP contribution in [-0.4, -0.2) is 0 Å². The van der Waals surface area contributed by atoms with Crippen molar-refractivity contribution < 1.29 is 18.3 Å². The number of hydrogen-bond donors (Lipinski definition) is 0. The van der Waals surface area contributed by atoms with Gasteiger partial charge in [0, 0.05) is 70.8 Å². The van der Waals surface area contributed by atoms with E-state index in [1.807, 2.05) is 111 Å². The first-order valence-electron chi connectivity index (χ1n) is 44.1. The number of aromatic nitrogens is 4. The molecule has 20 aromatic rings. The Hall–Kier alpha value is -12.8. The predicted octanol–water partition coefficient (Wildman–Crippen LogP) is 32.0. The number of fused-ring (bicyclic) bond motifs is 18. The van der Waals surface area contributed by atoms with Crippen LogP contribution in [0.5, 0.6) is 0 Å². The van der Waals surface area contributed by atoms with Crippen molar-refractivity contribution in [2.45, 2.75) is 138 Å². The predicted molar refractivity (Wildman–Crippen MR) is 532 cm³/mol. The molecule has 0 atom stereocenters. The van der Waals surface area contributed by atoms with Gasteiger partial charge in [-0.25, -0.2) is 18.3 Å². The summed E-state index contributed by atoms with van der Waals surface area (Å²) in [5.41, 5.74) is 15.5. The second-order valence-electron chi connectivity index (χ2n) is 28.0. The van der Waals surface area contributed by atoms with E-state index in [0.29, 0.717) is 0 Å². The van der Waals surface area contributed by atoms with Gasteiger partial charge in [-0.05, 0) is 252 Å². The Morgan fingerprint density at radius 2 is 0.408 bits per heavy atom. The molecule has 20 rings (SSSR count). The minimum absolute atomic E-state index is 1.24. The topological polar surface area (TPSA) is 15.5 Å². The van der Waals surface area contributed by atoms with Gasteiger partial charge in [-0.1, -0.05) is 305 Å². The molecule has 4 nitrogen and oxygen atoms in total. The fourth-order valence-corrected chi connectivity index (χ4v) is 16.5. The lowest BCUT2D eigenvalue weighted by molar-refractivity contribution is -0.660. The highest BCUT2D eigenvalue weighted by Gasteiger charge is 2.21. The first-order chi connectivity index (χ1) is 58.9. The summed E-state index contributed by atoms with van der Waals surface area (Å²) >= 11 is 0. The van der Waals surface area contributed by atoms with Crippen LogP contribution in [0.4, 0.5) is 0 Å². The largest absolute Gasteiger partial charge is 0.212 e. The summed E-state index contributed by atoms with van der Waals surface area (Å²) in [6.45, 7) is 41.0. The number of pyridine rings is 4. The molecule has 608 valence electrons. The third kappa shape index (κ3) is 19.0. The highest BCUT2D eigenvalue weighted by Crippen LogP contribution is 2.41. The molecule has 16 aromatic carbocycles. The second kappa shape index (κ2) is 44.2. The van der Waals surface area contributed by atoms with E-state index in [9.17, 15) is 0 Å². The molecule has 0 unspecified atom stereocenters. The van der Waals surface area contributed by atoms with Crippen molar-refractivity contribution in [1.29, 1.82) is 0 Å². The molecule has 0 radical (unpaired) electrons. The molecule has 4 heteroatoms. The molecule has 4 heterocycles. The third-order valence-corrected chi connectivity index (χ3v) is 21.9. The highest BCUT2D eigenvalue weighted by molar-refractivity contribution is 6.23. The van der Waals surface area contributed by atoms with Crippen LogP contribution < -0.4 is 18.3 Å². The Morgan fingerprint density at radius 1 is 0.150 bits per heavy atom. The van der Waals surface area contributed by atoms with E-state index in [-0.39, 0.29) is 0 Å². The van der Waals surface area contributed by atoms with E-state index >= 15 is 0 Å². The van der Waals surface area contributed by atoms with Crippen LogP contribution in [0.25, 0.3) is 174 Å². The van der Waals surface area contributed by atoms with Crippen LogP contribution in [0.15, 0.2) is 340 Å². The lowest BCUT2D eigenvalue weighted by Gasteiger charge is -2.13. The van der Waals surface area contributed by atoms with Crippen molar-refractivity contribution in [2.75, 3.05) is 0 Å². The van der Waals surface area contributed by atoms with Gasteiger partial charge < -0.3 is 0 Å². The summed E-state index contributed by atoms with van der Waals surface area (Å²) < 4.78 is 8.76. The minimum Gasteiger partial charge on any atom is -0.201 e. The van der Waals surface area contributed by atoms with E-state index in [1.165, 1.54) is 197 Å². The molecule has 0 N–H and O–H groups in total. The molecule has 4 aromatic heterocycles.